The maximum absolute atomic E-state index is 11.0. The Morgan fingerprint density at radius 2 is 1.95 bits per heavy atom. The predicted octanol–water partition coefficient (Wildman–Crippen LogP) is 3.37. The molecule has 2 nitrogen and oxygen atoms in total. The molecule has 2 aromatic carbocycles. The van der Waals surface area contributed by atoms with Crippen LogP contribution in [0.25, 0.3) is 5.57 Å². The first kappa shape index (κ1) is 12.8. The number of aryl methyl sites for hydroxylation is 1. The first-order chi connectivity index (χ1) is 9.83. The molecule has 1 aliphatic rings. The molecule has 0 aliphatic heterocycles. The van der Waals surface area contributed by atoms with Gasteiger partial charge in [0.15, 0.2) is 0 Å². The Morgan fingerprint density at radius 3 is 2.75 bits per heavy atom. The number of allylic oxidation sites excluding steroid dienone is 1. The minimum Gasteiger partial charge on any atom is -0.392 e. The van der Waals surface area contributed by atoms with Gasteiger partial charge in [-0.15, -0.1) is 0 Å². The highest BCUT2D eigenvalue weighted by molar-refractivity contribution is 5.87. The van der Waals surface area contributed by atoms with Crippen molar-refractivity contribution < 1.29 is 9.90 Å². The maximum atomic E-state index is 11.0. The van der Waals surface area contributed by atoms with Crippen LogP contribution in [0, 0.1) is 0 Å². The van der Waals surface area contributed by atoms with Crippen molar-refractivity contribution in [1.82, 2.24) is 0 Å². The van der Waals surface area contributed by atoms with Crippen molar-refractivity contribution in [3.05, 3.63) is 76.4 Å². The summed E-state index contributed by atoms with van der Waals surface area (Å²) in [6.45, 7) is 0.0240. The molecule has 0 amide bonds. The fourth-order valence-corrected chi connectivity index (χ4v) is 2.79. The molecule has 2 aromatic rings. The minimum absolute atomic E-state index is 0.0240. The average Bonchev–Trinajstić information content (AvgIpc) is 2.53. The Kier molecular flexibility index (Phi) is 3.48. The molecule has 0 fully saturated rings. The van der Waals surface area contributed by atoms with Crippen molar-refractivity contribution in [3.8, 4) is 0 Å². The highest BCUT2D eigenvalue weighted by Gasteiger charge is 2.16. The zero-order valence-electron chi connectivity index (χ0n) is 11.2. The SMILES string of the molecule is O=Cc1ccc2c(c1)C(c1ccccc1CO)=CCC2. The summed E-state index contributed by atoms with van der Waals surface area (Å²) in [5.74, 6) is 0. The molecule has 2 heteroatoms. The van der Waals surface area contributed by atoms with Gasteiger partial charge in [0.2, 0.25) is 0 Å². The number of aliphatic hydroxyl groups excluding tert-OH is 1. The second kappa shape index (κ2) is 5.43. The Labute approximate surface area is 118 Å². The molecule has 1 N–H and O–H groups in total. The van der Waals surface area contributed by atoms with Gasteiger partial charge in [-0.1, -0.05) is 42.5 Å². The van der Waals surface area contributed by atoms with Gasteiger partial charge in [0.25, 0.3) is 0 Å². The van der Waals surface area contributed by atoms with E-state index in [1.54, 1.807) is 0 Å². The third kappa shape index (κ3) is 2.19. The first-order valence-electron chi connectivity index (χ1n) is 6.81. The smallest absolute Gasteiger partial charge is 0.150 e. The first-order valence-corrected chi connectivity index (χ1v) is 6.81. The molecular formula is C18H16O2. The van der Waals surface area contributed by atoms with Crippen LogP contribution in [0.1, 0.15) is 39.0 Å². The number of rotatable bonds is 3. The molecule has 0 aromatic heterocycles. The lowest BCUT2D eigenvalue weighted by Crippen LogP contribution is -2.04. The summed E-state index contributed by atoms with van der Waals surface area (Å²) in [5, 5.41) is 9.51. The van der Waals surface area contributed by atoms with Gasteiger partial charge in [-0.05, 0) is 46.7 Å². The highest BCUT2D eigenvalue weighted by Crippen LogP contribution is 2.33. The Bertz CT molecular complexity index is 684. The average molecular weight is 264 g/mol. The molecule has 0 unspecified atom stereocenters. The molecule has 0 saturated heterocycles. The van der Waals surface area contributed by atoms with E-state index in [0.717, 1.165) is 41.4 Å². The van der Waals surface area contributed by atoms with E-state index >= 15 is 0 Å². The van der Waals surface area contributed by atoms with E-state index in [1.807, 2.05) is 42.5 Å². The molecule has 0 spiro atoms. The number of carbonyl (C=O) groups is 1. The molecule has 0 atom stereocenters. The van der Waals surface area contributed by atoms with Crippen LogP contribution in [0.5, 0.6) is 0 Å². The molecule has 100 valence electrons. The summed E-state index contributed by atoms with van der Waals surface area (Å²) in [7, 11) is 0. The molecule has 3 rings (SSSR count). The van der Waals surface area contributed by atoms with Crippen LogP contribution < -0.4 is 0 Å². The van der Waals surface area contributed by atoms with Crippen molar-refractivity contribution >= 4 is 11.9 Å². The van der Waals surface area contributed by atoms with Crippen molar-refractivity contribution in [1.29, 1.82) is 0 Å². The molecule has 0 radical (unpaired) electrons. The largest absolute Gasteiger partial charge is 0.392 e. The fourth-order valence-electron chi connectivity index (χ4n) is 2.79. The highest BCUT2D eigenvalue weighted by atomic mass is 16.3. The zero-order chi connectivity index (χ0) is 13.9. The van der Waals surface area contributed by atoms with Gasteiger partial charge < -0.3 is 5.11 Å². The van der Waals surface area contributed by atoms with E-state index < -0.39 is 0 Å². The summed E-state index contributed by atoms with van der Waals surface area (Å²) in [5.41, 5.74) is 6.17. The van der Waals surface area contributed by atoms with Gasteiger partial charge in [-0.2, -0.15) is 0 Å². The number of hydrogen-bond donors (Lipinski definition) is 1. The molecule has 0 saturated carbocycles. The van der Waals surface area contributed by atoms with Gasteiger partial charge in [0.05, 0.1) is 6.61 Å². The molecule has 20 heavy (non-hydrogen) atoms. The monoisotopic (exact) mass is 264 g/mol. The second-order valence-corrected chi connectivity index (χ2v) is 5.01. The summed E-state index contributed by atoms with van der Waals surface area (Å²) in [6, 6.07) is 13.7. The van der Waals surface area contributed by atoms with E-state index in [2.05, 4.69) is 6.08 Å². The van der Waals surface area contributed by atoms with Crippen LogP contribution in [0.3, 0.4) is 0 Å². The quantitative estimate of drug-likeness (QED) is 0.863. The number of fused-ring (bicyclic) bond motifs is 1. The predicted molar refractivity (Wildman–Crippen MR) is 79.6 cm³/mol. The summed E-state index contributed by atoms with van der Waals surface area (Å²) < 4.78 is 0. The van der Waals surface area contributed by atoms with E-state index in [1.165, 1.54) is 5.56 Å². The van der Waals surface area contributed by atoms with Gasteiger partial charge >= 0.3 is 0 Å². The van der Waals surface area contributed by atoms with Crippen molar-refractivity contribution in [2.45, 2.75) is 19.4 Å². The van der Waals surface area contributed by atoms with E-state index in [-0.39, 0.29) is 6.61 Å². The third-order valence-corrected chi connectivity index (χ3v) is 3.80. The van der Waals surface area contributed by atoms with Crippen molar-refractivity contribution in [3.63, 3.8) is 0 Å². The minimum atomic E-state index is 0.0240. The topological polar surface area (TPSA) is 37.3 Å². The lowest BCUT2D eigenvalue weighted by Gasteiger charge is -2.20. The summed E-state index contributed by atoms with van der Waals surface area (Å²) in [6.07, 6.45) is 5.07. The second-order valence-electron chi connectivity index (χ2n) is 5.01. The number of aldehydes is 1. The van der Waals surface area contributed by atoms with E-state index in [9.17, 15) is 9.90 Å². The summed E-state index contributed by atoms with van der Waals surface area (Å²) in [4.78, 5) is 11.0. The summed E-state index contributed by atoms with van der Waals surface area (Å²) >= 11 is 0. The lowest BCUT2D eigenvalue weighted by molar-refractivity contribution is 0.112. The third-order valence-electron chi connectivity index (χ3n) is 3.80. The Morgan fingerprint density at radius 1 is 1.10 bits per heavy atom. The normalized spacial score (nSPS) is 13.6. The van der Waals surface area contributed by atoms with Crippen LogP contribution >= 0.6 is 0 Å². The van der Waals surface area contributed by atoms with Gasteiger partial charge in [-0.3, -0.25) is 4.79 Å². The Balaban J connectivity index is 2.16. The van der Waals surface area contributed by atoms with Crippen LogP contribution in [0.2, 0.25) is 0 Å². The maximum Gasteiger partial charge on any atom is 0.150 e. The number of benzene rings is 2. The Hall–Kier alpha value is -2.19. The van der Waals surface area contributed by atoms with Gasteiger partial charge in [-0.25, -0.2) is 0 Å². The fraction of sp³-hybridized carbons (Fsp3) is 0.167. The van der Waals surface area contributed by atoms with Crippen LogP contribution in [0.4, 0.5) is 0 Å². The van der Waals surface area contributed by atoms with Crippen LogP contribution in [-0.4, -0.2) is 11.4 Å². The molecular weight excluding hydrogens is 248 g/mol. The number of carbonyl (C=O) groups excluding carboxylic acids is 1. The van der Waals surface area contributed by atoms with Gasteiger partial charge in [0, 0.05) is 5.56 Å². The van der Waals surface area contributed by atoms with Gasteiger partial charge in [0.1, 0.15) is 6.29 Å². The van der Waals surface area contributed by atoms with E-state index in [0.29, 0.717) is 5.56 Å². The molecule has 1 aliphatic carbocycles. The standard InChI is InChI=1S/C18H16O2/c19-11-13-8-9-14-5-3-7-17(18(14)10-13)16-6-2-1-4-15(16)12-20/h1-2,4,6-11,20H,3,5,12H2. The van der Waals surface area contributed by atoms with Crippen LogP contribution in [-0.2, 0) is 13.0 Å². The van der Waals surface area contributed by atoms with Crippen LogP contribution in [0.15, 0.2) is 48.5 Å². The molecule has 0 heterocycles. The number of aliphatic hydroxyl groups is 1. The zero-order valence-corrected chi connectivity index (χ0v) is 11.2. The van der Waals surface area contributed by atoms with Crippen molar-refractivity contribution in [2.75, 3.05) is 0 Å². The lowest BCUT2D eigenvalue weighted by atomic mass is 9.84. The van der Waals surface area contributed by atoms with Crippen molar-refractivity contribution in [2.24, 2.45) is 0 Å². The molecule has 0 bridgehead atoms. The van der Waals surface area contributed by atoms with E-state index in [4.69, 9.17) is 0 Å². The number of hydrogen-bond acceptors (Lipinski definition) is 2.